The summed E-state index contributed by atoms with van der Waals surface area (Å²) in [6.45, 7) is 0. The Bertz CT molecular complexity index is 139. The molecule has 0 aromatic rings. The first-order chi connectivity index (χ1) is 4.84. The second kappa shape index (κ2) is 3.44. The molecule has 0 bridgehead atoms. The molecule has 0 atom stereocenters. The van der Waals surface area contributed by atoms with E-state index in [-0.39, 0.29) is 5.92 Å². The Hall–Kier alpha value is -0.730. The number of rotatable bonds is 1. The molecule has 0 spiro atoms. The summed E-state index contributed by atoms with van der Waals surface area (Å²) < 4.78 is 0. The summed E-state index contributed by atoms with van der Waals surface area (Å²) in [6.07, 6.45) is 5.08. The van der Waals surface area contributed by atoms with Crippen molar-refractivity contribution in [2.45, 2.75) is 32.1 Å². The third-order valence-corrected chi connectivity index (χ3v) is 2.04. The van der Waals surface area contributed by atoms with E-state index in [0.717, 1.165) is 25.7 Å². The normalized spacial score (nSPS) is 20.4. The Morgan fingerprint density at radius 2 is 1.80 bits per heavy atom. The lowest BCUT2D eigenvalue weighted by molar-refractivity contribution is -0.122. The van der Waals surface area contributed by atoms with Crippen molar-refractivity contribution in [3.8, 4) is 0 Å². The largest absolute Gasteiger partial charge is 0.289 e. The molecule has 0 unspecified atom stereocenters. The van der Waals surface area contributed by atoms with Gasteiger partial charge in [-0.2, -0.15) is 0 Å². The summed E-state index contributed by atoms with van der Waals surface area (Å²) in [4.78, 5) is 20.5. The predicted octanol–water partition coefficient (Wildman–Crippen LogP) is 1.86. The van der Waals surface area contributed by atoms with Gasteiger partial charge in [0.15, 0.2) is 0 Å². The monoisotopic (exact) mass is 141 g/mol. The maximum absolute atomic E-state index is 10.7. The molecule has 0 aromatic carbocycles. The minimum atomic E-state index is -0.445. The summed E-state index contributed by atoms with van der Waals surface area (Å²) in [5.74, 6) is -0.494. The zero-order valence-corrected chi connectivity index (χ0v) is 5.88. The summed E-state index contributed by atoms with van der Waals surface area (Å²) in [5.41, 5.74) is 0. The lowest BCUT2D eigenvalue weighted by Gasteiger charge is -2.16. The lowest BCUT2D eigenvalue weighted by Crippen LogP contribution is -2.14. The first-order valence-corrected chi connectivity index (χ1v) is 3.72. The number of nitroso groups, excluding NO2 is 1. The number of nitrogens with zero attached hydrogens (tertiary/aromatic N) is 1. The Balaban J connectivity index is 2.38. The van der Waals surface area contributed by atoms with Crippen LogP contribution < -0.4 is 0 Å². The van der Waals surface area contributed by atoms with Crippen LogP contribution in [0.4, 0.5) is 0 Å². The molecule has 10 heavy (non-hydrogen) atoms. The van der Waals surface area contributed by atoms with Crippen LogP contribution in [-0.4, -0.2) is 5.91 Å². The van der Waals surface area contributed by atoms with Crippen molar-refractivity contribution in [2.24, 2.45) is 11.1 Å². The van der Waals surface area contributed by atoms with Gasteiger partial charge >= 0.3 is 0 Å². The fourth-order valence-corrected chi connectivity index (χ4v) is 1.42. The number of amides is 1. The van der Waals surface area contributed by atoms with Crippen LogP contribution in [0.25, 0.3) is 0 Å². The standard InChI is InChI=1S/C7H11NO2/c9-7(8-10)6-4-2-1-3-5-6/h6H,1-5H2. The smallest absolute Gasteiger partial charge is 0.269 e. The van der Waals surface area contributed by atoms with Gasteiger partial charge < -0.3 is 0 Å². The molecule has 56 valence electrons. The van der Waals surface area contributed by atoms with Gasteiger partial charge in [0.1, 0.15) is 0 Å². The van der Waals surface area contributed by atoms with Crippen molar-refractivity contribution in [2.75, 3.05) is 0 Å². The maximum Gasteiger partial charge on any atom is 0.289 e. The van der Waals surface area contributed by atoms with E-state index in [1.807, 2.05) is 0 Å². The molecule has 1 rings (SSSR count). The van der Waals surface area contributed by atoms with Gasteiger partial charge in [-0.05, 0) is 12.8 Å². The molecule has 3 heteroatoms. The van der Waals surface area contributed by atoms with E-state index >= 15 is 0 Å². The number of hydrogen-bond donors (Lipinski definition) is 0. The first-order valence-electron chi connectivity index (χ1n) is 3.72. The predicted molar refractivity (Wildman–Crippen MR) is 37.4 cm³/mol. The molecular formula is C7H11NO2. The zero-order chi connectivity index (χ0) is 7.40. The van der Waals surface area contributed by atoms with Crippen LogP contribution in [0.2, 0.25) is 0 Å². The van der Waals surface area contributed by atoms with Gasteiger partial charge in [-0.15, -0.1) is 4.91 Å². The molecule has 3 nitrogen and oxygen atoms in total. The Morgan fingerprint density at radius 3 is 2.30 bits per heavy atom. The maximum atomic E-state index is 10.7. The molecule has 0 saturated heterocycles. The topological polar surface area (TPSA) is 46.5 Å². The minimum absolute atomic E-state index is 0.0498. The van der Waals surface area contributed by atoms with Gasteiger partial charge in [-0.25, -0.2) is 0 Å². The fraction of sp³-hybridized carbons (Fsp3) is 0.857. The summed E-state index contributed by atoms with van der Waals surface area (Å²) in [6, 6.07) is 0. The van der Waals surface area contributed by atoms with Crippen LogP contribution in [0.1, 0.15) is 32.1 Å². The van der Waals surface area contributed by atoms with Crippen molar-refractivity contribution in [3.63, 3.8) is 0 Å². The highest BCUT2D eigenvalue weighted by Crippen LogP contribution is 2.24. The highest BCUT2D eigenvalue weighted by Gasteiger charge is 2.21. The van der Waals surface area contributed by atoms with Crippen LogP contribution in [0, 0.1) is 10.8 Å². The van der Waals surface area contributed by atoms with Gasteiger partial charge in [0.05, 0.1) is 0 Å². The van der Waals surface area contributed by atoms with E-state index in [1.54, 1.807) is 0 Å². The minimum Gasteiger partial charge on any atom is -0.269 e. The number of carbonyl (C=O) groups is 1. The van der Waals surface area contributed by atoms with Gasteiger partial charge in [0.2, 0.25) is 0 Å². The average molecular weight is 141 g/mol. The van der Waals surface area contributed by atoms with E-state index < -0.39 is 5.91 Å². The Labute approximate surface area is 59.8 Å². The molecule has 0 N–H and O–H groups in total. The third kappa shape index (κ3) is 1.62. The van der Waals surface area contributed by atoms with Gasteiger partial charge in [0, 0.05) is 11.1 Å². The zero-order valence-electron chi connectivity index (χ0n) is 5.88. The van der Waals surface area contributed by atoms with Crippen LogP contribution in [0.3, 0.4) is 0 Å². The van der Waals surface area contributed by atoms with Gasteiger partial charge in [0.25, 0.3) is 5.91 Å². The molecule has 0 radical (unpaired) electrons. The molecule has 1 amide bonds. The van der Waals surface area contributed by atoms with E-state index in [0.29, 0.717) is 0 Å². The van der Waals surface area contributed by atoms with Crippen molar-refractivity contribution >= 4 is 5.91 Å². The Kier molecular flexibility index (Phi) is 2.54. The van der Waals surface area contributed by atoms with Crippen LogP contribution in [0.5, 0.6) is 0 Å². The third-order valence-electron chi connectivity index (χ3n) is 2.04. The van der Waals surface area contributed by atoms with Crippen LogP contribution in [0.15, 0.2) is 5.18 Å². The fourth-order valence-electron chi connectivity index (χ4n) is 1.42. The van der Waals surface area contributed by atoms with Crippen molar-refractivity contribution < 1.29 is 4.79 Å². The molecule has 1 saturated carbocycles. The van der Waals surface area contributed by atoms with Crippen molar-refractivity contribution in [1.82, 2.24) is 0 Å². The molecule has 0 heterocycles. The summed E-state index contributed by atoms with van der Waals surface area (Å²) >= 11 is 0. The van der Waals surface area contributed by atoms with Crippen molar-refractivity contribution in [3.05, 3.63) is 4.91 Å². The molecule has 1 aliphatic rings. The SMILES string of the molecule is O=NC(=O)C1CCCCC1. The van der Waals surface area contributed by atoms with E-state index in [1.165, 1.54) is 6.42 Å². The molecule has 1 fully saturated rings. The average Bonchev–Trinajstić information content (AvgIpc) is 2.05. The van der Waals surface area contributed by atoms with Gasteiger partial charge in [-0.3, -0.25) is 4.79 Å². The second-order valence-corrected chi connectivity index (χ2v) is 2.76. The quantitative estimate of drug-likeness (QED) is 0.523. The lowest BCUT2D eigenvalue weighted by atomic mass is 9.89. The Morgan fingerprint density at radius 1 is 1.20 bits per heavy atom. The molecule has 0 aromatic heterocycles. The van der Waals surface area contributed by atoms with Crippen molar-refractivity contribution in [1.29, 1.82) is 0 Å². The first kappa shape index (κ1) is 7.38. The van der Waals surface area contributed by atoms with E-state index in [2.05, 4.69) is 5.18 Å². The van der Waals surface area contributed by atoms with Crippen LogP contribution in [-0.2, 0) is 4.79 Å². The van der Waals surface area contributed by atoms with E-state index in [9.17, 15) is 9.70 Å². The highest BCUT2D eigenvalue weighted by atomic mass is 16.3. The summed E-state index contributed by atoms with van der Waals surface area (Å²) in [5, 5.41) is 2.42. The number of hydrogen-bond acceptors (Lipinski definition) is 2. The van der Waals surface area contributed by atoms with E-state index in [4.69, 9.17) is 0 Å². The second-order valence-electron chi connectivity index (χ2n) is 2.76. The molecular weight excluding hydrogens is 130 g/mol. The summed E-state index contributed by atoms with van der Waals surface area (Å²) in [7, 11) is 0. The number of carbonyl (C=O) groups excluding carboxylic acids is 1. The molecule has 1 aliphatic carbocycles. The molecule has 0 aliphatic heterocycles. The van der Waals surface area contributed by atoms with Gasteiger partial charge in [-0.1, -0.05) is 19.3 Å². The highest BCUT2D eigenvalue weighted by molar-refractivity contribution is 5.79. The van der Waals surface area contributed by atoms with Crippen LogP contribution >= 0.6 is 0 Å².